The highest BCUT2D eigenvalue weighted by Crippen LogP contribution is 2.26. The first-order chi connectivity index (χ1) is 11.2. The van der Waals surface area contributed by atoms with Crippen molar-refractivity contribution in [3.05, 3.63) is 58.4 Å². The van der Waals surface area contributed by atoms with E-state index in [1.807, 2.05) is 64.5 Å². The maximum Gasteiger partial charge on any atom is 0.264 e. The van der Waals surface area contributed by atoms with Crippen LogP contribution in [0.2, 0.25) is 0 Å². The monoisotopic (exact) mass is 324 g/mol. The number of nitrogens with zero attached hydrogens (tertiary/aromatic N) is 4. The molecule has 5 nitrogen and oxygen atoms in total. The van der Waals surface area contributed by atoms with E-state index >= 15 is 0 Å². The molecule has 2 aromatic heterocycles. The Kier molecular flexibility index (Phi) is 3.46. The lowest BCUT2D eigenvalue weighted by Gasteiger charge is -2.38. The molecular weight excluding hydrogens is 308 g/mol. The van der Waals surface area contributed by atoms with E-state index in [0.717, 1.165) is 21.7 Å². The quantitative estimate of drug-likeness (QED) is 0.744. The molecule has 1 aliphatic rings. The van der Waals surface area contributed by atoms with Crippen molar-refractivity contribution in [3.63, 3.8) is 0 Å². The SMILES string of the molecule is Cc1csc(C(=O)N2CC(n3cc(-c4ccccc4)nn3)C2)c1. The van der Waals surface area contributed by atoms with Gasteiger partial charge in [-0.15, -0.1) is 16.4 Å². The summed E-state index contributed by atoms with van der Waals surface area (Å²) in [7, 11) is 0. The van der Waals surface area contributed by atoms with Gasteiger partial charge in [-0.05, 0) is 23.9 Å². The van der Waals surface area contributed by atoms with Gasteiger partial charge in [0.1, 0.15) is 5.69 Å². The first-order valence-electron chi connectivity index (χ1n) is 7.52. The molecule has 0 saturated carbocycles. The lowest BCUT2D eigenvalue weighted by molar-refractivity contribution is 0.0503. The van der Waals surface area contributed by atoms with E-state index in [1.165, 1.54) is 11.3 Å². The fourth-order valence-corrected chi connectivity index (χ4v) is 3.55. The third-order valence-electron chi connectivity index (χ3n) is 4.04. The number of aromatic nitrogens is 3. The Morgan fingerprint density at radius 3 is 2.74 bits per heavy atom. The zero-order chi connectivity index (χ0) is 15.8. The van der Waals surface area contributed by atoms with Gasteiger partial charge < -0.3 is 4.90 Å². The molecule has 3 aromatic rings. The van der Waals surface area contributed by atoms with Crippen molar-refractivity contribution in [3.8, 4) is 11.3 Å². The Morgan fingerprint density at radius 2 is 2.04 bits per heavy atom. The fourth-order valence-electron chi connectivity index (χ4n) is 2.68. The molecule has 0 unspecified atom stereocenters. The van der Waals surface area contributed by atoms with E-state index in [1.54, 1.807) is 0 Å². The van der Waals surface area contributed by atoms with Gasteiger partial charge in [-0.25, -0.2) is 4.68 Å². The minimum atomic E-state index is 0.114. The Hall–Kier alpha value is -2.47. The maximum absolute atomic E-state index is 12.3. The van der Waals surface area contributed by atoms with Crippen LogP contribution >= 0.6 is 11.3 Å². The van der Waals surface area contributed by atoms with E-state index in [0.29, 0.717) is 13.1 Å². The van der Waals surface area contributed by atoms with Gasteiger partial charge >= 0.3 is 0 Å². The average Bonchev–Trinajstić information content (AvgIpc) is 3.16. The second-order valence-corrected chi connectivity index (χ2v) is 6.71. The van der Waals surface area contributed by atoms with Crippen LogP contribution in [-0.4, -0.2) is 38.9 Å². The van der Waals surface area contributed by atoms with Crippen molar-refractivity contribution in [1.29, 1.82) is 0 Å². The van der Waals surface area contributed by atoms with Crippen molar-refractivity contribution >= 4 is 17.2 Å². The molecule has 0 N–H and O–H groups in total. The maximum atomic E-state index is 12.3. The molecule has 0 spiro atoms. The van der Waals surface area contributed by atoms with Gasteiger partial charge in [0, 0.05) is 18.7 Å². The lowest BCUT2D eigenvalue weighted by atomic mass is 10.1. The van der Waals surface area contributed by atoms with Gasteiger partial charge in [0.05, 0.1) is 17.1 Å². The van der Waals surface area contributed by atoms with E-state index < -0.39 is 0 Å². The van der Waals surface area contributed by atoms with Crippen LogP contribution in [-0.2, 0) is 0 Å². The molecule has 23 heavy (non-hydrogen) atoms. The number of hydrogen-bond donors (Lipinski definition) is 0. The molecule has 0 bridgehead atoms. The minimum Gasteiger partial charge on any atom is -0.334 e. The van der Waals surface area contributed by atoms with Crippen LogP contribution in [0.5, 0.6) is 0 Å². The van der Waals surface area contributed by atoms with E-state index in [2.05, 4.69) is 10.3 Å². The predicted octanol–water partition coefficient (Wildman–Crippen LogP) is 3.01. The smallest absolute Gasteiger partial charge is 0.264 e. The Bertz CT molecular complexity index is 833. The molecule has 0 radical (unpaired) electrons. The number of carbonyl (C=O) groups excluding carboxylic acids is 1. The second-order valence-electron chi connectivity index (χ2n) is 5.80. The van der Waals surface area contributed by atoms with Crippen LogP contribution in [0, 0.1) is 6.92 Å². The first kappa shape index (κ1) is 14.1. The largest absolute Gasteiger partial charge is 0.334 e. The zero-order valence-electron chi connectivity index (χ0n) is 12.7. The normalized spacial score (nSPS) is 14.7. The summed E-state index contributed by atoms with van der Waals surface area (Å²) in [6.07, 6.45) is 1.96. The molecule has 116 valence electrons. The highest BCUT2D eigenvalue weighted by Gasteiger charge is 2.33. The van der Waals surface area contributed by atoms with Crippen LogP contribution in [0.4, 0.5) is 0 Å². The molecule has 0 aliphatic carbocycles. The fraction of sp³-hybridized carbons (Fsp3) is 0.235. The summed E-state index contributed by atoms with van der Waals surface area (Å²) >= 11 is 1.51. The molecule has 1 saturated heterocycles. The molecule has 1 aliphatic heterocycles. The highest BCUT2D eigenvalue weighted by atomic mass is 32.1. The van der Waals surface area contributed by atoms with Crippen LogP contribution in [0.3, 0.4) is 0 Å². The van der Waals surface area contributed by atoms with Gasteiger partial charge in [0.25, 0.3) is 5.91 Å². The minimum absolute atomic E-state index is 0.114. The number of aryl methyl sites for hydroxylation is 1. The summed E-state index contributed by atoms with van der Waals surface area (Å²) in [5.74, 6) is 0.114. The van der Waals surface area contributed by atoms with Gasteiger partial charge in [0.2, 0.25) is 0 Å². The summed E-state index contributed by atoms with van der Waals surface area (Å²) in [5, 5.41) is 10.5. The average molecular weight is 324 g/mol. The summed E-state index contributed by atoms with van der Waals surface area (Å²) in [6, 6.07) is 12.2. The number of rotatable bonds is 3. The van der Waals surface area contributed by atoms with Crippen LogP contribution in [0.1, 0.15) is 21.3 Å². The standard InChI is InChI=1S/C17H16N4OS/c1-12-7-16(23-11-12)17(22)20-8-14(9-20)21-10-15(18-19-21)13-5-3-2-4-6-13/h2-7,10-11,14H,8-9H2,1H3. The highest BCUT2D eigenvalue weighted by molar-refractivity contribution is 7.12. The molecule has 6 heteroatoms. The van der Waals surface area contributed by atoms with Gasteiger partial charge in [-0.2, -0.15) is 0 Å². The molecule has 1 amide bonds. The molecule has 1 fully saturated rings. The molecule has 4 rings (SSSR count). The van der Waals surface area contributed by atoms with Crippen molar-refractivity contribution in [1.82, 2.24) is 19.9 Å². The summed E-state index contributed by atoms with van der Waals surface area (Å²) < 4.78 is 1.87. The van der Waals surface area contributed by atoms with Crippen LogP contribution < -0.4 is 0 Å². The van der Waals surface area contributed by atoms with Crippen LogP contribution in [0.15, 0.2) is 48.0 Å². The zero-order valence-corrected chi connectivity index (χ0v) is 13.5. The molecule has 1 aromatic carbocycles. The van der Waals surface area contributed by atoms with Crippen LogP contribution in [0.25, 0.3) is 11.3 Å². The summed E-state index contributed by atoms with van der Waals surface area (Å²) in [5.41, 5.74) is 3.06. The van der Waals surface area contributed by atoms with E-state index in [9.17, 15) is 4.79 Å². The molecule has 0 atom stereocenters. The van der Waals surface area contributed by atoms with Crippen molar-refractivity contribution in [2.24, 2.45) is 0 Å². The van der Waals surface area contributed by atoms with Gasteiger partial charge in [-0.3, -0.25) is 4.79 Å². The van der Waals surface area contributed by atoms with Crippen molar-refractivity contribution < 1.29 is 4.79 Å². The summed E-state index contributed by atoms with van der Waals surface area (Å²) in [4.78, 5) is 15.0. The summed E-state index contributed by atoms with van der Waals surface area (Å²) in [6.45, 7) is 3.38. The van der Waals surface area contributed by atoms with Crippen molar-refractivity contribution in [2.45, 2.75) is 13.0 Å². The number of likely N-dealkylation sites (tertiary alicyclic amines) is 1. The Balaban J connectivity index is 1.42. The molecule has 3 heterocycles. The number of benzene rings is 1. The predicted molar refractivity (Wildman–Crippen MR) is 89.5 cm³/mol. The van der Waals surface area contributed by atoms with E-state index in [-0.39, 0.29) is 11.9 Å². The topological polar surface area (TPSA) is 51.0 Å². The third kappa shape index (κ3) is 2.66. The first-order valence-corrected chi connectivity index (χ1v) is 8.40. The Morgan fingerprint density at radius 1 is 1.26 bits per heavy atom. The Labute approximate surface area is 138 Å². The number of hydrogen-bond acceptors (Lipinski definition) is 4. The van der Waals surface area contributed by atoms with Gasteiger partial charge in [0.15, 0.2) is 0 Å². The van der Waals surface area contributed by atoms with Crippen molar-refractivity contribution in [2.75, 3.05) is 13.1 Å². The van der Waals surface area contributed by atoms with Gasteiger partial charge in [-0.1, -0.05) is 35.5 Å². The third-order valence-corrected chi connectivity index (χ3v) is 5.08. The number of thiophene rings is 1. The molecular formula is C17H16N4OS. The van der Waals surface area contributed by atoms with E-state index in [4.69, 9.17) is 0 Å². The number of amides is 1. The number of carbonyl (C=O) groups is 1. The lowest BCUT2D eigenvalue weighted by Crippen LogP contribution is -2.50. The second kappa shape index (κ2) is 5.62.